The number of halogens is 1. The number of aliphatic hydroxyl groups is 1. The van der Waals surface area contributed by atoms with Gasteiger partial charge in [0.15, 0.2) is 0 Å². The lowest BCUT2D eigenvalue weighted by molar-refractivity contribution is -0.136. The second kappa shape index (κ2) is 10.4. The van der Waals surface area contributed by atoms with Crippen LogP contribution >= 0.6 is 11.3 Å². The number of nitrogens with zero attached hydrogens (tertiary/aromatic N) is 2. The van der Waals surface area contributed by atoms with Gasteiger partial charge in [-0.05, 0) is 48.4 Å². The molecule has 0 radical (unpaired) electrons. The number of thiophene rings is 1. The Balaban J connectivity index is 1.74. The maximum absolute atomic E-state index is 13.5. The molecule has 5 nitrogen and oxygen atoms in total. The van der Waals surface area contributed by atoms with Crippen LogP contribution in [-0.4, -0.2) is 59.7 Å². The summed E-state index contributed by atoms with van der Waals surface area (Å²) in [7, 11) is 0. The third-order valence-corrected chi connectivity index (χ3v) is 6.12. The molecule has 1 amide bonds. The first-order valence-electron chi connectivity index (χ1n) is 10.5. The van der Waals surface area contributed by atoms with Crippen molar-refractivity contribution in [3.05, 3.63) is 52.0 Å². The molecular formula is C23H31FN2O3S. The number of carbonyl (C=O) groups is 1. The van der Waals surface area contributed by atoms with Crippen LogP contribution < -0.4 is 4.74 Å². The molecule has 164 valence electrons. The largest absolute Gasteiger partial charge is 0.491 e. The van der Waals surface area contributed by atoms with Crippen LogP contribution in [0.15, 0.2) is 35.7 Å². The summed E-state index contributed by atoms with van der Waals surface area (Å²) in [5.41, 5.74) is 1.11. The lowest BCUT2D eigenvalue weighted by Gasteiger charge is -2.37. The van der Waals surface area contributed by atoms with Gasteiger partial charge in [-0.1, -0.05) is 19.9 Å². The van der Waals surface area contributed by atoms with Crippen molar-refractivity contribution in [3.63, 3.8) is 0 Å². The van der Waals surface area contributed by atoms with Crippen LogP contribution in [0.4, 0.5) is 4.39 Å². The molecule has 2 atom stereocenters. The van der Waals surface area contributed by atoms with Crippen LogP contribution in [-0.2, 0) is 11.2 Å². The molecule has 0 fully saturated rings. The Morgan fingerprint density at radius 1 is 1.33 bits per heavy atom. The van der Waals surface area contributed by atoms with Gasteiger partial charge in [-0.2, -0.15) is 0 Å². The molecule has 1 aromatic carbocycles. The third kappa shape index (κ3) is 6.03. The fourth-order valence-electron chi connectivity index (χ4n) is 3.98. The Morgan fingerprint density at radius 2 is 2.13 bits per heavy atom. The Kier molecular flexibility index (Phi) is 7.86. The molecule has 2 aromatic rings. The van der Waals surface area contributed by atoms with Crippen molar-refractivity contribution in [2.45, 2.75) is 39.3 Å². The van der Waals surface area contributed by atoms with E-state index in [0.717, 1.165) is 18.5 Å². The van der Waals surface area contributed by atoms with Gasteiger partial charge in [-0.3, -0.25) is 9.69 Å². The Bertz CT molecular complexity index is 829. The summed E-state index contributed by atoms with van der Waals surface area (Å²) in [6.07, 6.45) is 0.337. The molecule has 0 saturated heterocycles. The predicted octanol–water partition coefficient (Wildman–Crippen LogP) is 3.73. The molecule has 1 aliphatic rings. The molecule has 7 heteroatoms. The van der Waals surface area contributed by atoms with Gasteiger partial charge in [-0.25, -0.2) is 4.39 Å². The lowest BCUT2D eigenvalue weighted by atomic mass is 10.00. The molecule has 3 rings (SSSR count). The van der Waals surface area contributed by atoms with Gasteiger partial charge in [0.2, 0.25) is 5.91 Å². The van der Waals surface area contributed by atoms with Crippen molar-refractivity contribution in [3.8, 4) is 5.75 Å². The molecule has 0 spiro atoms. The van der Waals surface area contributed by atoms with E-state index in [2.05, 4.69) is 19.9 Å². The minimum Gasteiger partial charge on any atom is -0.491 e. The smallest absolute Gasteiger partial charge is 0.237 e. The normalized spacial score (nSPS) is 17.3. The number of fused-ring (bicyclic) bond motifs is 1. The maximum atomic E-state index is 13.5. The van der Waals surface area contributed by atoms with Gasteiger partial charge in [0.05, 0.1) is 18.7 Å². The highest BCUT2D eigenvalue weighted by Gasteiger charge is 2.33. The molecular weight excluding hydrogens is 403 g/mol. The fraction of sp³-hybridized carbons (Fsp3) is 0.522. The average molecular weight is 435 g/mol. The van der Waals surface area contributed by atoms with E-state index in [1.54, 1.807) is 30.4 Å². The van der Waals surface area contributed by atoms with Gasteiger partial charge < -0.3 is 14.7 Å². The van der Waals surface area contributed by atoms with Crippen LogP contribution in [0.2, 0.25) is 0 Å². The van der Waals surface area contributed by atoms with E-state index < -0.39 is 6.10 Å². The molecule has 0 unspecified atom stereocenters. The summed E-state index contributed by atoms with van der Waals surface area (Å²) >= 11 is 1.70. The van der Waals surface area contributed by atoms with Crippen LogP contribution in [0, 0.1) is 11.7 Å². The highest BCUT2D eigenvalue weighted by molar-refractivity contribution is 7.10. The molecule has 1 aliphatic heterocycles. The minimum absolute atomic E-state index is 0.0287. The number of carbonyl (C=O) groups excluding carboxylic acids is 1. The van der Waals surface area contributed by atoms with Crippen LogP contribution in [0.3, 0.4) is 0 Å². The molecule has 0 bridgehead atoms. The van der Waals surface area contributed by atoms with Crippen molar-refractivity contribution in [1.82, 2.24) is 9.80 Å². The van der Waals surface area contributed by atoms with Gasteiger partial charge >= 0.3 is 0 Å². The summed E-state index contributed by atoms with van der Waals surface area (Å²) < 4.78 is 19.4. The van der Waals surface area contributed by atoms with Crippen molar-refractivity contribution in [2.75, 3.05) is 32.8 Å². The molecule has 30 heavy (non-hydrogen) atoms. The number of ether oxygens (including phenoxy) is 1. The second-order valence-corrected chi connectivity index (χ2v) is 9.36. The highest BCUT2D eigenvalue weighted by Crippen LogP contribution is 2.34. The van der Waals surface area contributed by atoms with E-state index in [4.69, 9.17) is 4.74 Å². The monoisotopic (exact) mass is 434 g/mol. The number of amides is 1. The standard InChI is InChI=1S/C23H31FN2O3S/c1-16(2)12-25(13-17(3)27)14-23(28)26-9-7-22-20(8-10-30-22)21(26)15-29-19-6-4-5-18(24)11-19/h4-6,8,10-11,16-17,21,27H,7,9,12-15H2,1-3H3/t17-,21+/m0/s1. The van der Waals surface area contributed by atoms with Gasteiger partial charge in [0, 0.05) is 30.6 Å². The van der Waals surface area contributed by atoms with E-state index in [-0.39, 0.29) is 30.9 Å². The zero-order chi connectivity index (χ0) is 21.7. The first-order valence-corrected chi connectivity index (χ1v) is 11.4. The molecule has 2 heterocycles. The second-order valence-electron chi connectivity index (χ2n) is 8.36. The summed E-state index contributed by atoms with van der Waals surface area (Å²) in [5, 5.41) is 11.9. The van der Waals surface area contributed by atoms with Gasteiger partial charge in [0.25, 0.3) is 0 Å². The first kappa shape index (κ1) is 22.7. The van der Waals surface area contributed by atoms with Crippen molar-refractivity contribution in [2.24, 2.45) is 5.92 Å². The number of hydrogen-bond acceptors (Lipinski definition) is 5. The number of aliphatic hydroxyl groups excluding tert-OH is 1. The first-order chi connectivity index (χ1) is 14.3. The number of hydrogen-bond donors (Lipinski definition) is 1. The van der Waals surface area contributed by atoms with E-state index in [9.17, 15) is 14.3 Å². The maximum Gasteiger partial charge on any atom is 0.237 e. The van der Waals surface area contributed by atoms with E-state index >= 15 is 0 Å². The van der Waals surface area contributed by atoms with Gasteiger partial charge in [-0.15, -0.1) is 11.3 Å². The third-order valence-electron chi connectivity index (χ3n) is 5.12. The minimum atomic E-state index is -0.492. The summed E-state index contributed by atoms with van der Waals surface area (Å²) in [6, 6.07) is 7.93. The summed E-state index contributed by atoms with van der Waals surface area (Å²) in [6.45, 7) is 8.34. The van der Waals surface area contributed by atoms with Crippen molar-refractivity contribution >= 4 is 17.2 Å². The number of rotatable bonds is 9. The summed E-state index contributed by atoms with van der Waals surface area (Å²) in [5.74, 6) is 0.539. The van der Waals surface area contributed by atoms with Crippen LogP contribution in [0.1, 0.15) is 37.3 Å². The zero-order valence-corrected chi connectivity index (χ0v) is 18.7. The quantitative estimate of drug-likeness (QED) is 0.653. The molecule has 1 N–H and O–H groups in total. The lowest BCUT2D eigenvalue weighted by Crippen LogP contribution is -2.48. The highest BCUT2D eigenvalue weighted by atomic mass is 32.1. The number of benzene rings is 1. The van der Waals surface area contributed by atoms with Crippen molar-refractivity contribution in [1.29, 1.82) is 0 Å². The van der Waals surface area contributed by atoms with Gasteiger partial charge in [0.1, 0.15) is 18.2 Å². The average Bonchev–Trinajstić information content (AvgIpc) is 3.14. The van der Waals surface area contributed by atoms with Crippen molar-refractivity contribution < 1.29 is 19.0 Å². The molecule has 1 aromatic heterocycles. The predicted molar refractivity (Wildman–Crippen MR) is 117 cm³/mol. The van der Waals surface area contributed by atoms with E-state index in [1.165, 1.54) is 17.0 Å². The Hall–Kier alpha value is -1.96. The van der Waals surface area contributed by atoms with E-state index in [0.29, 0.717) is 24.8 Å². The topological polar surface area (TPSA) is 53.0 Å². The fourth-order valence-corrected chi connectivity index (χ4v) is 4.91. The zero-order valence-electron chi connectivity index (χ0n) is 17.9. The molecule has 0 aliphatic carbocycles. The Morgan fingerprint density at radius 3 is 2.83 bits per heavy atom. The molecule has 0 saturated carbocycles. The summed E-state index contributed by atoms with van der Waals surface area (Å²) in [4.78, 5) is 18.4. The SMILES string of the molecule is CC(C)CN(CC(=O)N1CCc2sccc2[C@H]1COc1cccc(F)c1)C[C@H](C)O. The van der Waals surface area contributed by atoms with Crippen LogP contribution in [0.25, 0.3) is 0 Å². The van der Waals surface area contributed by atoms with Crippen LogP contribution in [0.5, 0.6) is 5.75 Å². The van der Waals surface area contributed by atoms with E-state index in [1.807, 2.05) is 15.2 Å². The Labute approximate surface area is 182 Å².